The Bertz CT molecular complexity index is 747. The Labute approximate surface area is 135 Å². The van der Waals surface area contributed by atoms with Crippen LogP contribution in [-0.2, 0) is 13.1 Å². The molecule has 0 aliphatic heterocycles. The van der Waals surface area contributed by atoms with E-state index in [1.807, 2.05) is 48.0 Å². The van der Waals surface area contributed by atoms with E-state index in [1.165, 1.54) is 5.56 Å². The molecule has 2 aromatic carbocycles. The molecule has 0 atom stereocenters. The summed E-state index contributed by atoms with van der Waals surface area (Å²) >= 11 is 0. The van der Waals surface area contributed by atoms with Gasteiger partial charge in [-0.3, -0.25) is 0 Å². The molecule has 0 amide bonds. The summed E-state index contributed by atoms with van der Waals surface area (Å²) in [5.74, 6) is 0.868. The minimum atomic E-state index is 0.557. The smallest absolute Gasteiger partial charge is 0.119 e. The molecular formula is C18H20N4O. The summed E-state index contributed by atoms with van der Waals surface area (Å²) < 4.78 is 7.37. The molecule has 0 bridgehead atoms. The molecule has 1 aromatic heterocycles. The van der Waals surface area contributed by atoms with E-state index in [9.17, 15) is 0 Å². The highest BCUT2D eigenvalue weighted by atomic mass is 16.5. The van der Waals surface area contributed by atoms with E-state index >= 15 is 0 Å². The maximum Gasteiger partial charge on any atom is 0.119 e. The van der Waals surface area contributed by atoms with Crippen LogP contribution >= 0.6 is 0 Å². The van der Waals surface area contributed by atoms with E-state index in [0.717, 1.165) is 22.6 Å². The zero-order chi connectivity index (χ0) is 16.1. The summed E-state index contributed by atoms with van der Waals surface area (Å²) in [5, 5.41) is 8.25. The monoisotopic (exact) mass is 308 g/mol. The van der Waals surface area contributed by atoms with E-state index in [1.54, 1.807) is 6.20 Å². The van der Waals surface area contributed by atoms with Crippen molar-refractivity contribution in [1.82, 2.24) is 15.0 Å². The molecule has 0 fully saturated rings. The molecule has 3 aromatic rings. The Kier molecular flexibility index (Phi) is 4.68. The van der Waals surface area contributed by atoms with Crippen LogP contribution in [0.3, 0.4) is 0 Å². The average molecular weight is 308 g/mol. The van der Waals surface area contributed by atoms with Gasteiger partial charge in [0.25, 0.3) is 0 Å². The van der Waals surface area contributed by atoms with Crippen molar-refractivity contribution in [3.8, 4) is 17.0 Å². The number of aromatic nitrogens is 3. The predicted octanol–water partition coefficient (Wildman–Crippen LogP) is 2.85. The lowest BCUT2D eigenvalue weighted by Gasteiger charge is -2.08. The standard InChI is InChI=1S/C18H20N4O/c1-2-23-17-9-7-16(8-10-17)18-12-20-21-22(18)13-15-5-3-14(11-19)4-6-15/h3-10,12H,2,11,13,19H2,1H3. The van der Waals surface area contributed by atoms with Crippen molar-refractivity contribution in [3.05, 3.63) is 65.9 Å². The van der Waals surface area contributed by atoms with Crippen LogP contribution in [0.2, 0.25) is 0 Å². The van der Waals surface area contributed by atoms with Crippen molar-refractivity contribution in [3.63, 3.8) is 0 Å². The normalized spacial score (nSPS) is 10.7. The van der Waals surface area contributed by atoms with Gasteiger partial charge in [-0.25, -0.2) is 4.68 Å². The lowest BCUT2D eigenvalue weighted by Crippen LogP contribution is -2.04. The Morgan fingerprint density at radius 3 is 2.35 bits per heavy atom. The largest absolute Gasteiger partial charge is 0.494 e. The van der Waals surface area contributed by atoms with E-state index in [2.05, 4.69) is 22.4 Å². The molecule has 0 unspecified atom stereocenters. The van der Waals surface area contributed by atoms with Gasteiger partial charge in [-0.15, -0.1) is 5.10 Å². The quantitative estimate of drug-likeness (QED) is 0.760. The molecule has 23 heavy (non-hydrogen) atoms. The van der Waals surface area contributed by atoms with Crippen LogP contribution in [0.5, 0.6) is 5.75 Å². The molecule has 118 valence electrons. The number of hydrogen-bond acceptors (Lipinski definition) is 4. The summed E-state index contributed by atoms with van der Waals surface area (Å²) in [6.45, 7) is 3.87. The van der Waals surface area contributed by atoms with Gasteiger partial charge in [0.05, 0.1) is 25.0 Å². The Hall–Kier alpha value is -2.66. The fraction of sp³-hybridized carbons (Fsp3) is 0.222. The van der Waals surface area contributed by atoms with Crippen LogP contribution in [0.25, 0.3) is 11.3 Å². The summed E-state index contributed by atoms with van der Waals surface area (Å²) in [4.78, 5) is 0. The summed E-state index contributed by atoms with van der Waals surface area (Å²) in [5.41, 5.74) is 9.97. The molecule has 0 spiro atoms. The average Bonchev–Trinajstić information content (AvgIpc) is 3.05. The van der Waals surface area contributed by atoms with Gasteiger partial charge in [0.15, 0.2) is 0 Å². The van der Waals surface area contributed by atoms with Crippen LogP contribution < -0.4 is 10.5 Å². The van der Waals surface area contributed by atoms with Gasteiger partial charge in [-0.2, -0.15) is 0 Å². The van der Waals surface area contributed by atoms with E-state index < -0.39 is 0 Å². The highest BCUT2D eigenvalue weighted by molar-refractivity contribution is 5.59. The Balaban J connectivity index is 1.80. The minimum Gasteiger partial charge on any atom is -0.494 e. The zero-order valence-electron chi connectivity index (χ0n) is 13.1. The van der Waals surface area contributed by atoms with Crippen LogP contribution in [0.4, 0.5) is 0 Å². The second kappa shape index (κ2) is 7.07. The first-order valence-corrected chi connectivity index (χ1v) is 7.69. The molecular weight excluding hydrogens is 288 g/mol. The number of nitrogens with two attached hydrogens (primary N) is 1. The van der Waals surface area contributed by atoms with Crippen molar-refractivity contribution < 1.29 is 4.74 Å². The number of hydrogen-bond donors (Lipinski definition) is 1. The fourth-order valence-electron chi connectivity index (χ4n) is 2.44. The third-order valence-electron chi connectivity index (χ3n) is 3.67. The SMILES string of the molecule is CCOc1ccc(-c2cnnn2Cc2ccc(CN)cc2)cc1. The first kappa shape index (κ1) is 15.2. The van der Waals surface area contributed by atoms with Crippen LogP contribution in [-0.4, -0.2) is 21.6 Å². The molecule has 5 heteroatoms. The third-order valence-corrected chi connectivity index (χ3v) is 3.67. The number of rotatable bonds is 6. The lowest BCUT2D eigenvalue weighted by molar-refractivity contribution is 0.340. The van der Waals surface area contributed by atoms with Crippen molar-refractivity contribution in [2.45, 2.75) is 20.0 Å². The number of nitrogens with zero attached hydrogens (tertiary/aromatic N) is 3. The van der Waals surface area contributed by atoms with Crippen molar-refractivity contribution in [2.24, 2.45) is 5.73 Å². The molecule has 2 N–H and O–H groups in total. The first-order valence-electron chi connectivity index (χ1n) is 7.69. The summed E-state index contributed by atoms with van der Waals surface area (Å²) in [6.07, 6.45) is 1.78. The fourth-order valence-corrected chi connectivity index (χ4v) is 2.44. The van der Waals surface area contributed by atoms with Crippen molar-refractivity contribution in [1.29, 1.82) is 0 Å². The lowest BCUT2D eigenvalue weighted by atomic mass is 10.1. The van der Waals surface area contributed by atoms with Crippen LogP contribution in [0, 0.1) is 0 Å². The summed E-state index contributed by atoms with van der Waals surface area (Å²) in [6, 6.07) is 16.2. The highest BCUT2D eigenvalue weighted by Gasteiger charge is 2.08. The van der Waals surface area contributed by atoms with E-state index in [4.69, 9.17) is 10.5 Å². The van der Waals surface area contributed by atoms with Gasteiger partial charge < -0.3 is 10.5 Å². The van der Waals surface area contributed by atoms with E-state index in [-0.39, 0.29) is 0 Å². The van der Waals surface area contributed by atoms with Crippen molar-refractivity contribution >= 4 is 0 Å². The number of ether oxygens (including phenoxy) is 1. The molecule has 0 aliphatic rings. The molecule has 0 radical (unpaired) electrons. The predicted molar refractivity (Wildman–Crippen MR) is 90.1 cm³/mol. The molecule has 1 heterocycles. The topological polar surface area (TPSA) is 66.0 Å². The van der Waals surface area contributed by atoms with Gasteiger partial charge >= 0.3 is 0 Å². The maximum absolute atomic E-state index is 5.63. The Morgan fingerprint density at radius 2 is 1.70 bits per heavy atom. The summed E-state index contributed by atoms with van der Waals surface area (Å²) in [7, 11) is 0. The molecule has 5 nitrogen and oxygen atoms in total. The highest BCUT2D eigenvalue weighted by Crippen LogP contribution is 2.22. The molecule has 0 saturated carbocycles. The second-order valence-electron chi connectivity index (χ2n) is 5.25. The molecule has 0 aliphatic carbocycles. The molecule has 0 saturated heterocycles. The first-order chi connectivity index (χ1) is 11.3. The second-order valence-corrected chi connectivity index (χ2v) is 5.25. The Morgan fingerprint density at radius 1 is 1.00 bits per heavy atom. The van der Waals surface area contributed by atoms with Crippen molar-refractivity contribution in [2.75, 3.05) is 6.61 Å². The van der Waals surface area contributed by atoms with Crippen LogP contribution in [0.1, 0.15) is 18.1 Å². The maximum atomic E-state index is 5.63. The minimum absolute atomic E-state index is 0.557. The van der Waals surface area contributed by atoms with Gasteiger partial charge in [0, 0.05) is 12.1 Å². The van der Waals surface area contributed by atoms with Gasteiger partial charge in [0.2, 0.25) is 0 Å². The van der Waals surface area contributed by atoms with Gasteiger partial charge in [-0.1, -0.05) is 29.5 Å². The van der Waals surface area contributed by atoms with Gasteiger partial charge in [-0.05, 0) is 42.3 Å². The zero-order valence-corrected chi connectivity index (χ0v) is 13.1. The van der Waals surface area contributed by atoms with E-state index in [0.29, 0.717) is 19.7 Å². The molecule has 3 rings (SSSR count). The van der Waals surface area contributed by atoms with Gasteiger partial charge in [0.1, 0.15) is 5.75 Å². The number of benzene rings is 2. The third kappa shape index (κ3) is 3.57. The van der Waals surface area contributed by atoms with Crippen LogP contribution in [0.15, 0.2) is 54.7 Å².